The second kappa shape index (κ2) is 8.35. The highest BCUT2D eigenvalue weighted by atomic mass is 79.9. The lowest BCUT2D eigenvalue weighted by Crippen LogP contribution is -2.26. The summed E-state index contributed by atoms with van der Waals surface area (Å²) >= 11 is 9.35. The van der Waals surface area contributed by atoms with Gasteiger partial charge in [0.2, 0.25) is 0 Å². The van der Waals surface area contributed by atoms with Crippen LogP contribution in [-0.2, 0) is 6.54 Å². The second-order valence-corrected chi connectivity index (χ2v) is 7.07. The maximum absolute atomic E-state index is 12.2. The summed E-state index contributed by atoms with van der Waals surface area (Å²) in [7, 11) is 0. The predicted molar refractivity (Wildman–Crippen MR) is 113 cm³/mol. The Hall–Kier alpha value is -2.36. The Morgan fingerprint density at radius 2 is 1.54 bits per heavy atom. The standard InChI is InChI=1S/C22H17BrClNO/c1-16(18-7-3-2-4-8-18)20-9-5-6-10-21(20)25(22(24)26)15-17-11-13-19(23)14-12-17/h2-14H,1,15H2. The van der Waals surface area contributed by atoms with Gasteiger partial charge in [0, 0.05) is 10.0 Å². The number of rotatable bonds is 5. The van der Waals surface area contributed by atoms with E-state index >= 15 is 0 Å². The van der Waals surface area contributed by atoms with Crippen LogP contribution in [0.15, 0.2) is 89.9 Å². The molecule has 0 bridgehead atoms. The number of carbonyl (C=O) groups excluding carboxylic acids is 1. The van der Waals surface area contributed by atoms with Gasteiger partial charge in [0.05, 0.1) is 12.2 Å². The van der Waals surface area contributed by atoms with Crippen molar-refractivity contribution in [2.45, 2.75) is 6.54 Å². The highest BCUT2D eigenvalue weighted by Gasteiger charge is 2.19. The van der Waals surface area contributed by atoms with Crippen LogP contribution in [0.2, 0.25) is 0 Å². The summed E-state index contributed by atoms with van der Waals surface area (Å²) in [5.74, 6) is 0. The van der Waals surface area contributed by atoms with Crippen molar-refractivity contribution in [3.8, 4) is 0 Å². The number of amides is 1. The van der Waals surface area contributed by atoms with Crippen LogP contribution in [0.1, 0.15) is 16.7 Å². The van der Waals surface area contributed by atoms with Crippen molar-refractivity contribution >= 4 is 44.2 Å². The molecule has 0 saturated carbocycles. The van der Waals surface area contributed by atoms with Crippen LogP contribution < -0.4 is 4.90 Å². The SMILES string of the molecule is C=C(c1ccccc1)c1ccccc1N(Cc1ccc(Br)cc1)C(=O)Cl. The van der Waals surface area contributed by atoms with Crippen LogP contribution in [0.25, 0.3) is 5.57 Å². The maximum Gasteiger partial charge on any atom is 0.321 e. The quantitative estimate of drug-likeness (QED) is 0.322. The first-order chi connectivity index (χ1) is 12.6. The van der Waals surface area contributed by atoms with E-state index in [0.29, 0.717) is 6.54 Å². The largest absolute Gasteiger partial charge is 0.321 e. The smallest absolute Gasteiger partial charge is 0.294 e. The summed E-state index contributed by atoms with van der Waals surface area (Å²) in [6, 6.07) is 25.4. The Labute approximate surface area is 166 Å². The normalized spacial score (nSPS) is 10.4. The van der Waals surface area contributed by atoms with Crippen molar-refractivity contribution in [2.24, 2.45) is 0 Å². The zero-order chi connectivity index (χ0) is 18.5. The van der Waals surface area contributed by atoms with Gasteiger partial charge in [-0.15, -0.1) is 0 Å². The van der Waals surface area contributed by atoms with Crippen LogP contribution in [0.3, 0.4) is 0 Å². The zero-order valence-corrected chi connectivity index (χ0v) is 16.4. The van der Waals surface area contributed by atoms with E-state index in [2.05, 4.69) is 22.5 Å². The second-order valence-electron chi connectivity index (χ2n) is 5.83. The summed E-state index contributed by atoms with van der Waals surface area (Å²) in [4.78, 5) is 13.7. The molecule has 0 fully saturated rings. The predicted octanol–water partition coefficient (Wildman–Crippen LogP) is 6.88. The third-order valence-corrected chi connectivity index (χ3v) is 4.84. The van der Waals surface area contributed by atoms with E-state index in [1.165, 1.54) is 0 Å². The number of hydrogen-bond acceptors (Lipinski definition) is 1. The van der Waals surface area contributed by atoms with Crippen LogP contribution >= 0.6 is 27.5 Å². The van der Waals surface area contributed by atoms with E-state index in [1.54, 1.807) is 4.90 Å². The average Bonchev–Trinajstić information content (AvgIpc) is 2.67. The van der Waals surface area contributed by atoms with Gasteiger partial charge >= 0.3 is 5.37 Å². The molecule has 0 radical (unpaired) electrons. The molecule has 0 aromatic heterocycles. The molecule has 3 aromatic rings. The van der Waals surface area contributed by atoms with Crippen molar-refractivity contribution in [3.05, 3.63) is 107 Å². The minimum atomic E-state index is -0.527. The van der Waals surface area contributed by atoms with Gasteiger partial charge in [0.25, 0.3) is 0 Å². The van der Waals surface area contributed by atoms with E-state index in [9.17, 15) is 4.79 Å². The molecule has 3 aromatic carbocycles. The Bertz CT molecular complexity index is 922. The molecular weight excluding hydrogens is 410 g/mol. The third kappa shape index (κ3) is 4.24. The molecule has 0 atom stereocenters. The van der Waals surface area contributed by atoms with Crippen molar-refractivity contribution in [3.63, 3.8) is 0 Å². The molecule has 0 unspecified atom stereocenters. The molecule has 0 N–H and O–H groups in total. The minimum absolute atomic E-state index is 0.384. The molecule has 0 aliphatic carbocycles. The number of carbonyl (C=O) groups is 1. The molecular formula is C22H17BrClNO. The molecule has 3 rings (SSSR count). The van der Waals surface area contributed by atoms with E-state index in [0.717, 1.165) is 32.4 Å². The molecule has 2 nitrogen and oxygen atoms in total. The summed E-state index contributed by atoms with van der Waals surface area (Å²) in [5.41, 5.74) is 4.46. The van der Waals surface area contributed by atoms with Crippen LogP contribution in [0.4, 0.5) is 10.5 Å². The summed E-state index contributed by atoms with van der Waals surface area (Å²) in [5, 5.41) is -0.527. The van der Waals surface area contributed by atoms with E-state index in [1.807, 2.05) is 78.9 Å². The minimum Gasteiger partial charge on any atom is -0.294 e. The van der Waals surface area contributed by atoms with Crippen LogP contribution in [0, 0.1) is 0 Å². The van der Waals surface area contributed by atoms with Gasteiger partial charge in [0.1, 0.15) is 0 Å². The molecule has 0 spiro atoms. The van der Waals surface area contributed by atoms with Crippen LogP contribution in [0.5, 0.6) is 0 Å². The summed E-state index contributed by atoms with van der Waals surface area (Å²) < 4.78 is 0.989. The first-order valence-corrected chi connectivity index (χ1v) is 9.28. The fourth-order valence-corrected chi connectivity index (χ4v) is 3.19. The summed E-state index contributed by atoms with van der Waals surface area (Å²) in [6.45, 7) is 4.61. The highest BCUT2D eigenvalue weighted by Crippen LogP contribution is 2.32. The molecule has 0 heterocycles. The van der Waals surface area contributed by atoms with Gasteiger partial charge in [-0.3, -0.25) is 9.69 Å². The van der Waals surface area contributed by atoms with Gasteiger partial charge in [-0.2, -0.15) is 0 Å². The van der Waals surface area contributed by atoms with Gasteiger partial charge in [-0.05, 0) is 46.5 Å². The number of nitrogens with zero attached hydrogens (tertiary/aromatic N) is 1. The molecule has 4 heteroatoms. The van der Waals surface area contributed by atoms with E-state index in [-0.39, 0.29) is 0 Å². The fraction of sp³-hybridized carbons (Fsp3) is 0.0455. The Kier molecular flexibility index (Phi) is 5.92. The number of halogens is 2. The topological polar surface area (TPSA) is 20.3 Å². The maximum atomic E-state index is 12.2. The van der Waals surface area contributed by atoms with Crippen molar-refractivity contribution < 1.29 is 4.79 Å². The number of benzene rings is 3. The average molecular weight is 427 g/mol. The summed E-state index contributed by atoms with van der Waals surface area (Å²) in [6.07, 6.45) is 0. The van der Waals surface area contributed by atoms with E-state index in [4.69, 9.17) is 11.6 Å². The lowest BCUT2D eigenvalue weighted by molar-refractivity contribution is 0.264. The van der Waals surface area contributed by atoms with Crippen molar-refractivity contribution in [1.29, 1.82) is 0 Å². The van der Waals surface area contributed by atoms with Gasteiger partial charge in [-0.25, -0.2) is 0 Å². The third-order valence-electron chi connectivity index (χ3n) is 4.11. The molecule has 130 valence electrons. The first kappa shape index (κ1) is 18.4. The number of anilines is 1. The molecule has 26 heavy (non-hydrogen) atoms. The zero-order valence-electron chi connectivity index (χ0n) is 14.0. The van der Waals surface area contributed by atoms with Gasteiger partial charge < -0.3 is 0 Å². The fourth-order valence-electron chi connectivity index (χ4n) is 2.77. The Morgan fingerprint density at radius 1 is 0.923 bits per heavy atom. The Morgan fingerprint density at radius 3 is 2.19 bits per heavy atom. The lowest BCUT2D eigenvalue weighted by atomic mass is 9.97. The van der Waals surface area contributed by atoms with Crippen molar-refractivity contribution in [1.82, 2.24) is 0 Å². The highest BCUT2D eigenvalue weighted by molar-refractivity contribution is 9.10. The molecule has 0 saturated heterocycles. The molecule has 0 aliphatic heterocycles. The van der Waals surface area contributed by atoms with Gasteiger partial charge in [-0.1, -0.05) is 83.2 Å². The monoisotopic (exact) mass is 425 g/mol. The van der Waals surface area contributed by atoms with E-state index < -0.39 is 5.37 Å². The number of para-hydroxylation sites is 1. The first-order valence-electron chi connectivity index (χ1n) is 8.11. The van der Waals surface area contributed by atoms with Crippen molar-refractivity contribution in [2.75, 3.05) is 4.90 Å². The van der Waals surface area contributed by atoms with Gasteiger partial charge in [0.15, 0.2) is 0 Å². The molecule has 1 amide bonds. The molecule has 0 aliphatic rings. The van der Waals surface area contributed by atoms with Crippen LogP contribution in [-0.4, -0.2) is 5.37 Å². The number of hydrogen-bond donors (Lipinski definition) is 0. The lowest BCUT2D eigenvalue weighted by Gasteiger charge is -2.24. The Balaban J connectivity index is 1.99.